The van der Waals surface area contributed by atoms with E-state index in [9.17, 15) is 24.0 Å². The number of amides is 3. The van der Waals surface area contributed by atoms with Gasteiger partial charge in [-0.3, -0.25) is 19.2 Å². The molecule has 0 fully saturated rings. The number of carbonyl (C=O) groups excluding carboxylic acids is 5. The predicted octanol–water partition coefficient (Wildman–Crippen LogP) is 2.30. The fourth-order valence-electron chi connectivity index (χ4n) is 3.38. The molecule has 0 saturated carbocycles. The third kappa shape index (κ3) is 11.2. The van der Waals surface area contributed by atoms with Crippen LogP contribution in [0.4, 0.5) is 0 Å². The van der Waals surface area contributed by atoms with Crippen LogP contribution in [-0.2, 0) is 40.1 Å². The summed E-state index contributed by atoms with van der Waals surface area (Å²) in [6.07, 6.45) is 0. The average molecular weight is 552 g/mol. The molecule has 0 aliphatic carbocycles. The van der Waals surface area contributed by atoms with E-state index in [1.54, 1.807) is 0 Å². The molecule has 10 nitrogen and oxygen atoms in total. The van der Waals surface area contributed by atoms with Crippen molar-refractivity contribution in [2.45, 2.75) is 71.9 Å². The first-order valence-electron chi connectivity index (χ1n) is 12.7. The Labute approximate surface area is 229 Å². The molecule has 0 radical (unpaired) electrons. The Kier molecular flexibility index (Phi) is 14.1. The Balaban J connectivity index is 2.95. The SMILES string of the molecule is CCN(CC)C(=O)COC(=O)C(COCc1ccccc1)NC(=O)C(C)(C)NC(=O)C(SC(C)=O)C(C)C. The summed E-state index contributed by atoms with van der Waals surface area (Å²) in [5, 5.41) is 4.37. The Morgan fingerprint density at radius 3 is 2.16 bits per heavy atom. The van der Waals surface area contributed by atoms with Crippen LogP contribution in [0, 0.1) is 5.92 Å². The molecule has 2 atom stereocenters. The van der Waals surface area contributed by atoms with Crippen molar-refractivity contribution in [3.63, 3.8) is 0 Å². The van der Waals surface area contributed by atoms with Gasteiger partial charge in [0.25, 0.3) is 5.91 Å². The van der Waals surface area contributed by atoms with Gasteiger partial charge in [0.15, 0.2) is 17.8 Å². The summed E-state index contributed by atoms with van der Waals surface area (Å²) >= 11 is 0.898. The summed E-state index contributed by atoms with van der Waals surface area (Å²) in [5.74, 6) is -2.46. The molecular formula is C27H41N3O7S. The lowest BCUT2D eigenvalue weighted by Gasteiger charge is -2.30. The van der Waals surface area contributed by atoms with Gasteiger partial charge in [0.2, 0.25) is 11.8 Å². The summed E-state index contributed by atoms with van der Waals surface area (Å²) in [5.41, 5.74) is -0.547. The van der Waals surface area contributed by atoms with Crippen LogP contribution in [0.5, 0.6) is 0 Å². The maximum absolute atomic E-state index is 13.2. The standard InChI is InChI=1S/C27H41N3O7S/c1-8-30(9-2)22(32)17-37-25(34)21(16-36-15-20-13-11-10-12-14-20)28-26(35)27(6,7)29-24(33)23(18(3)4)38-19(5)31/h10-14,18,21,23H,8-9,15-17H2,1-7H3,(H,28,35)(H,29,33). The van der Waals surface area contributed by atoms with Crippen LogP contribution in [-0.4, -0.2) is 76.8 Å². The van der Waals surface area contributed by atoms with Gasteiger partial charge in [0.05, 0.1) is 18.5 Å². The molecule has 212 valence electrons. The van der Waals surface area contributed by atoms with Crippen molar-refractivity contribution in [3.05, 3.63) is 35.9 Å². The minimum absolute atomic E-state index is 0.153. The molecule has 3 amide bonds. The van der Waals surface area contributed by atoms with Crippen molar-refractivity contribution in [3.8, 4) is 0 Å². The molecule has 0 bridgehead atoms. The van der Waals surface area contributed by atoms with Crippen LogP contribution in [0.2, 0.25) is 0 Å². The lowest BCUT2D eigenvalue weighted by Crippen LogP contribution is -2.60. The first kappa shape index (κ1) is 33.1. The number of thioether (sulfide) groups is 1. The quantitative estimate of drug-likeness (QED) is 0.318. The van der Waals surface area contributed by atoms with Crippen LogP contribution in [0.25, 0.3) is 0 Å². The second-order valence-corrected chi connectivity index (χ2v) is 10.9. The minimum Gasteiger partial charge on any atom is -0.454 e. The molecule has 2 unspecified atom stereocenters. The van der Waals surface area contributed by atoms with E-state index in [2.05, 4.69) is 10.6 Å². The van der Waals surface area contributed by atoms with Crippen LogP contribution in [0.1, 0.15) is 54.0 Å². The average Bonchev–Trinajstić information content (AvgIpc) is 2.85. The Hall–Kier alpha value is -2.92. The van der Waals surface area contributed by atoms with Crippen LogP contribution in [0.15, 0.2) is 30.3 Å². The number of nitrogens with one attached hydrogen (secondary N) is 2. The molecule has 0 aromatic heterocycles. The minimum atomic E-state index is -1.42. The van der Waals surface area contributed by atoms with E-state index in [1.807, 2.05) is 58.0 Å². The fraction of sp³-hybridized carbons (Fsp3) is 0.593. The number of carbonyl (C=O) groups is 5. The zero-order valence-corrected chi connectivity index (χ0v) is 24.2. The summed E-state index contributed by atoms with van der Waals surface area (Å²) in [4.78, 5) is 64.3. The maximum Gasteiger partial charge on any atom is 0.331 e. The Bertz CT molecular complexity index is 949. The molecule has 0 aliphatic heterocycles. The number of benzene rings is 1. The van der Waals surface area contributed by atoms with Gasteiger partial charge in [-0.05, 0) is 39.2 Å². The highest BCUT2D eigenvalue weighted by Gasteiger charge is 2.36. The Morgan fingerprint density at radius 1 is 1.03 bits per heavy atom. The molecule has 0 saturated heterocycles. The van der Waals surface area contributed by atoms with E-state index in [1.165, 1.54) is 25.7 Å². The van der Waals surface area contributed by atoms with E-state index in [-0.39, 0.29) is 30.2 Å². The number of ether oxygens (including phenoxy) is 2. The summed E-state index contributed by atoms with van der Waals surface area (Å²) in [6.45, 7) is 12.1. The molecular weight excluding hydrogens is 510 g/mol. The van der Waals surface area contributed by atoms with Gasteiger partial charge in [0.1, 0.15) is 5.54 Å². The first-order valence-corrected chi connectivity index (χ1v) is 13.6. The highest BCUT2D eigenvalue weighted by Crippen LogP contribution is 2.21. The number of esters is 1. The highest BCUT2D eigenvalue weighted by atomic mass is 32.2. The zero-order chi connectivity index (χ0) is 28.9. The number of rotatable bonds is 15. The maximum atomic E-state index is 13.2. The van der Waals surface area contributed by atoms with E-state index in [0.29, 0.717) is 13.1 Å². The van der Waals surface area contributed by atoms with Gasteiger partial charge in [-0.2, -0.15) is 0 Å². The van der Waals surface area contributed by atoms with Gasteiger partial charge in [0, 0.05) is 20.0 Å². The number of nitrogens with zero attached hydrogens (tertiary/aromatic N) is 1. The molecule has 0 spiro atoms. The van der Waals surface area contributed by atoms with Crippen LogP contribution >= 0.6 is 11.8 Å². The lowest BCUT2D eigenvalue weighted by molar-refractivity contribution is -0.156. The predicted molar refractivity (Wildman–Crippen MR) is 146 cm³/mol. The normalized spacial score (nSPS) is 12.8. The second-order valence-electron chi connectivity index (χ2n) is 9.59. The Morgan fingerprint density at radius 2 is 1.63 bits per heavy atom. The van der Waals surface area contributed by atoms with Gasteiger partial charge < -0.3 is 25.0 Å². The van der Waals surface area contributed by atoms with Crippen molar-refractivity contribution < 1.29 is 33.4 Å². The number of hydrogen-bond donors (Lipinski definition) is 2. The number of hydrogen-bond acceptors (Lipinski definition) is 8. The van der Waals surface area contributed by atoms with Crippen molar-refractivity contribution in [1.82, 2.24) is 15.5 Å². The van der Waals surface area contributed by atoms with Gasteiger partial charge in [-0.15, -0.1) is 0 Å². The summed E-state index contributed by atoms with van der Waals surface area (Å²) in [7, 11) is 0. The van der Waals surface area contributed by atoms with E-state index >= 15 is 0 Å². The van der Waals surface area contributed by atoms with Crippen LogP contribution in [0.3, 0.4) is 0 Å². The summed E-state index contributed by atoms with van der Waals surface area (Å²) in [6, 6.07) is 8.07. The largest absolute Gasteiger partial charge is 0.454 e. The highest BCUT2D eigenvalue weighted by molar-refractivity contribution is 8.14. The molecule has 38 heavy (non-hydrogen) atoms. The monoisotopic (exact) mass is 551 g/mol. The van der Waals surface area contributed by atoms with Crippen molar-refractivity contribution in [2.75, 3.05) is 26.3 Å². The topological polar surface area (TPSA) is 131 Å². The van der Waals surface area contributed by atoms with Crippen molar-refractivity contribution >= 4 is 40.6 Å². The van der Waals surface area contributed by atoms with Gasteiger partial charge in [-0.25, -0.2) is 4.79 Å². The van der Waals surface area contributed by atoms with E-state index in [0.717, 1.165) is 17.3 Å². The number of likely N-dealkylation sites (N-methyl/N-ethyl adjacent to an activating group) is 1. The molecule has 2 N–H and O–H groups in total. The van der Waals surface area contributed by atoms with Crippen molar-refractivity contribution in [2.24, 2.45) is 5.92 Å². The molecule has 1 aromatic rings. The van der Waals surface area contributed by atoms with Gasteiger partial charge >= 0.3 is 5.97 Å². The van der Waals surface area contributed by atoms with E-state index in [4.69, 9.17) is 9.47 Å². The van der Waals surface area contributed by atoms with Crippen molar-refractivity contribution in [1.29, 1.82) is 0 Å². The molecule has 0 aliphatic rings. The second kappa shape index (κ2) is 16.1. The summed E-state index contributed by atoms with van der Waals surface area (Å²) < 4.78 is 10.9. The molecule has 11 heteroatoms. The zero-order valence-electron chi connectivity index (χ0n) is 23.4. The third-order valence-corrected chi connectivity index (χ3v) is 6.94. The molecule has 1 rings (SSSR count). The smallest absolute Gasteiger partial charge is 0.331 e. The first-order chi connectivity index (χ1) is 17.8. The van der Waals surface area contributed by atoms with Gasteiger partial charge in [-0.1, -0.05) is 55.9 Å². The molecule has 1 aromatic carbocycles. The van der Waals surface area contributed by atoms with Crippen LogP contribution < -0.4 is 10.6 Å². The third-order valence-electron chi connectivity index (χ3n) is 5.60. The fourth-order valence-corrected chi connectivity index (χ4v) is 4.18. The van der Waals surface area contributed by atoms with E-state index < -0.39 is 41.2 Å². The lowest BCUT2D eigenvalue weighted by atomic mass is 10.0. The molecule has 0 heterocycles.